The lowest BCUT2D eigenvalue weighted by molar-refractivity contribution is -0.753. The van der Waals surface area contributed by atoms with E-state index in [0.29, 0.717) is 36.0 Å². The standard InChI is InChI=1S/C43H51F2N9O8S.2ClH/c1-4-39(28(2)55)54-41(58)53(26-48-54)34-8-6-32(7-9-34)49-15-17-50(18-16-49)33-10-12-35(13-11-33)60-21-30-20-43(61-22-30,36-14-5-31(44)19-37(36)45)24-52-27-51(25-47-52)29(3)62-42(59)63-23-38(46)40(56)57;;/h5-14,19,25-30,38-39,55H,4,15-18,20-24,46H2,1-3H3;2*1H/t28-,29?,30+,38-,39-,43-;;/m0../s1. The second kappa shape index (κ2) is 22.3. The first-order valence-corrected chi connectivity index (χ1v) is 21.7. The Morgan fingerprint density at radius 2 is 1.63 bits per heavy atom. The van der Waals surface area contributed by atoms with Crippen LogP contribution in [-0.4, -0.2) is 103 Å². The molecule has 2 aliphatic heterocycles. The Kier molecular flexibility index (Phi) is 17.4. The van der Waals surface area contributed by atoms with Crippen molar-refractivity contribution in [2.24, 2.45) is 11.7 Å². The number of aliphatic hydroxyl groups excluding tert-OH is 1. The third-order valence-corrected chi connectivity index (χ3v) is 12.3. The lowest BCUT2D eigenvalue weighted by Gasteiger charge is -2.37. The molecule has 65 heavy (non-hydrogen) atoms. The van der Waals surface area contributed by atoms with E-state index >= 15 is 4.39 Å². The maximum Gasteiger partial charge on any atom is 0.370 e. The Hall–Kier alpha value is -5.25. The van der Waals surface area contributed by atoms with Gasteiger partial charge in [-0.2, -0.15) is 9.67 Å². The van der Waals surface area contributed by atoms with E-state index in [1.54, 1.807) is 20.2 Å². The molecule has 2 saturated heterocycles. The summed E-state index contributed by atoms with van der Waals surface area (Å²) in [5.41, 5.74) is 6.97. The highest BCUT2D eigenvalue weighted by Gasteiger charge is 2.46. The zero-order valence-corrected chi connectivity index (χ0v) is 38.4. The quantitative estimate of drug-likeness (QED) is 0.0900. The Morgan fingerprint density at radius 1 is 1.00 bits per heavy atom. The van der Waals surface area contributed by atoms with E-state index in [2.05, 4.69) is 20.0 Å². The van der Waals surface area contributed by atoms with Gasteiger partial charge < -0.3 is 52.4 Å². The average molecular weight is 965 g/mol. The molecule has 22 heteroatoms. The molecule has 2 aliphatic rings. The minimum atomic E-state index is -1.23. The molecule has 0 saturated carbocycles. The van der Waals surface area contributed by atoms with E-state index in [9.17, 15) is 23.9 Å². The number of carboxylic acids is 1. The van der Waals surface area contributed by atoms with Crippen LogP contribution in [0, 0.1) is 17.6 Å². The van der Waals surface area contributed by atoms with Gasteiger partial charge in [-0.05, 0) is 86.1 Å². The summed E-state index contributed by atoms with van der Waals surface area (Å²) in [5.74, 6) is -2.32. The van der Waals surface area contributed by atoms with E-state index in [1.165, 1.54) is 43.3 Å². The van der Waals surface area contributed by atoms with Crippen LogP contribution in [0.3, 0.4) is 0 Å². The molecular weight excluding hydrogens is 911 g/mol. The molecular formula is C43H53Cl2F2N9O8S. The molecule has 2 fully saturated rings. The van der Waals surface area contributed by atoms with Crippen LogP contribution in [0.4, 0.5) is 25.0 Å². The molecule has 6 atom stereocenters. The Balaban J connectivity index is 0.00000397. The van der Waals surface area contributed by atoms with Gasteiger partial charge in [0.1, 0.15) is 41.9 Å². The van der Waals surface area contributed by atoms with Crippen molar-refractivity contribution in [1.82, 2.24) is 24.1 Å². The molecule has 3 aromatic carbocycles. The molecule has 7 rings (SSSR count). The number of thioether (sulfide) groups is 1. The number of carboxylic acid groups (broad SMARTS) is 1. The van der Waals surface area contributed by atoms with Gasteiger partial charge in [-0.1, -0.05) is 13.0 Å². The number of aliphatic carboxylic acids is 1. The fourth-order valence-electron chi connectivity index (χ4n) is 8.00. The number of rotatable bonds is 17. The van der Waals surface area contributed by atoms with Crippen LogP contribution in [0.2, 0.25) is 0 Å². The van der Waals surface area contributed by atoms with Crippen LogP contribution >= 0.6 is 24.2 Å². The summed E-state index contributed by atoms with van der Waals surface area (Å²) in [4.78, 5) is 40.9. The number of anilines is 2. The average Bonchev–Trinajstić information content (AvgIpc) is 4.02. The van der Waals surface area contributed by atoms with Crippen molar-refractivity contribution < 1.29 is 59.8 Å². The van der Waals surface area contributed by atoms with Crippen molar-refractivity contribution in [3.05, 3.63) is 113 Å². The van der Waals surface area contributed by atoms with Crippen molar-refractivity contribution >= 4 is 46.8 Å². The number of aliphatic hydroxyl groups is 1. The summed E-state index contributed by atoms with van der Waals surface area (Å²) in [6.45, 7) is 8.99. The van der Waals surface area contributed by atoms with Gasteiger partial charge >= 0.3 is 17.0 Å². The predicted molar refractivity (Wildman–Crippen MR) is 236 cm³/mol. The second-order valence-corrected chi connectivity index (χ2v) is 16.8. The van der Waals surface area contributed by atoms with Crippen LogP contribution in [0.1, 0.15) is 51.4 Å². The summed E-state index contributed by atoms with van der Waals surface area (Å²) >= 11 is 0.651. The molecule has 0 spiro atoms. The molecule has 0 radical (unpaired) electrons. The fourth-order valence-corrected chi connectivity index (χ4v) is 8.66. The van der Waals surface area contributed by atoms with Crippen LogP contribution in [0.25, 0.3) is 5.69 Å². The van der Waals surface area contributed by atoms with Gasteiger partial charge in [-0.25, -0.2) is 27.6 Å². The molecule has 0 amide bonds. The zero-order chi connectivity index (χ0) is 44.8. The number of nitrogens with zero attached hydrogens (tertiary/aromatic N) is 8. The number of hydrogen-bond donors (Lipinski definition) is 3. The molecule has 1 unspecified atom stereocenters. The van der Waals surface area contributed by atoms with Gasteiger partial charge in [0.2, 0.25) is 12.6 Å². The van der Waals surface area contributed by atoms with Crippen LogP contribution in [-0.2, 0) is 26.4 Å². The number of benzene rings is 3. The lowest BCUT2D eigenvalue weighted by Crippen LogP contribution is -3.00. The van der Waals surface area contributed by atoms with Crippen molar-refractivity contribution in [3.8, 4) is 11.4 Å². The summed E-state index contributed by atoms with van der Waals surface area (Å²) in [7, 11) is 0. The number of hydrogen-bond acceptors (Lipinski definition) is 13. The Labute approximate surface area is 390 Å². The summed E-state index contributed by atoms with van der Waals surface area (Å²) in [6, 6.07) is 17.5. The van der Waals surface area contributed by atoms with E-state index in [-0.39, 0.29) is 67.5 Å². The Bertz CT molecular complexity index is 2420. The first-order valence-electron chi connectivity index (χ1n) is 20.8. The van der Waals surface area contributed by atoms with Gasteiger partial charge in [0.25, 0.3) is 6.33 Å². The van der Waals surface area contributed by atoms with Gasteiger partial charge in [0.05, 0.1) is 31.0 Å². The minimum absolute atomic E-state index is 0. The largest absolute Gasteiger partial charge is 1.00 e. The smallest absolute Gasteiger partial charge is 0.370 e. The SMILES string of the molecule is CC[C@@H]([C@H](C)O)n1ncn(-c2ccc(N3CCN(c4ccc(OC[C@@H]5CO[C@@](Cn6c[n+](C(C)OC(=O)SC[C@H](N)C(=O)O)cn6)(c6ccc(F)cc6F)C5)cc4)CC3)cc2)c1=O.Cl.[Cl-]. The topological polar surface area (TPSA) is 196 Å². The molecule has 5 aromatic rings. The highest BCUT2D eigenvalue weighted by atomic mass is 35.5. The highest BCUT2D eigenvalue weighted by Crippen LogP contribution is 2.42. The van der Waals surface area contributed by atoms with E-state index in [1.807, 2.05) is 55.5 Å². The van der Waals surface area contributed by atoms with Crippen molar-refractivity contribution in [2.45, 2.75) is 70.2 Å². The number of nitrogens with two attached hydrogens (primary N) is 1. The number of carbonyl (C=O) groups excluding carboxylic acids is 1. The maximum atomic E-state index is 15.4. The lowest BCUT2D eigenvalue weighted by atomic mass is 9.87. The Morgan fingerprint density at radius 3 is 2.23 bits per heavy atom. The summed E-state index contributed by atoms with van der Waals surface area (Å²) < 4.78 is 53.3. The van der Waals surface area contributed by atoms with Gasteiger partial charge in [-0.3, -0.25) is 4.79 Å². The fraction of sp³-hybridized carbons (Fsp3) is 0.442. The third kappa shape index (κ3) is 12.0. The zero-order valence-electron chi connectivity index (χ0n) is 36.0. The number of carbonyl (C=O) groups is 2. The van der Waals surface area contributed by atoms with Crippen molar-refractivity contribution in [3.63, 3.8) is 0 Å². The van der Waals surface area contributed by atoms with E-state index < -0.39 is 52.9 Å². The van der Waals surface area contributed by atoms with Gasteiger partial charge in [-0.15, -0.1) is 17.1 Å². The minimum Gasteiger partial charge on any atom is -1.00 e. The molecule has 0 bridgehead atoms. The highest BCUT2D eigenvalue weighted by molar-refractivity contribution is 8.13. The second-order valence-electron chi connectivity index (χ2n) is 15.9. The number of ether oxygens (including phenoxy) is 3. The van der Waals surface area contributed by atoms with Gasteiger partial charge in [0, 0.05) is 72.9 Å². The molecule has 0 aliphatic carbocycles. The van der Waals surface area contributed by atoms with Crippen molar-refractivity contribution in [1.29, 1.82) is 0 Å². The number of piperazine rings is 1. The van der Waals surface area contributed by atoms with Crippen LogP contribution < -0.4 is 42.9 Å². The van der Waals surface area contributed by atoms with Crippen LogP contribution in [0.15, 0.2) is 90.5 Å². The molecule has 2 aromatic heterocycles. The maximum absolute atomic E-state index is 15.4. The monoisotopic (exact) mass is 963 g/mol. The number of aromatic nitrogens is 6. The first kappa shape index (κ1) is 50.7. The van der Waals surface area contributed by atoms with Crippen molar-refractivity contribution in [2.75, 3.05) is 54.9 Å². The van der Waals surface area contributed by atoms with Gasteiger partial charge in [0.15, 0.2) is 0 Å². The molecule has 352 valence electrons. The predicted octanol–water partition coefficient (Wildman–Crippen LogP) is 1.69. The normalized spacial score (nSPS) is 19.1. The first-order chi connectivity index (χ1) is 30.2. The third-order valence-electron chi connectivity index (χ3n) is 11.5. The van der Waals surface area contributed by atoms with E-state index in [0.717, 1.165) is 43.6 Å². The molecule has 4 N–H and O–H groups in total. The summed E-state index contributed by atoms with van der Waals surface area (Å²) in [6.07, 6.45) is 3.93. The molecule has 17 nitrogen and oxygen atoms in total. The number of halogens is 4. The van der Waals surface area contributed by atoms with Crippen LogP contribution in [0.5, 0.6) is 5.75 Å². The summed E-state index contributed by atoms with van der Waals surface area (Å²) in [5, 5.41) is 27.0. The van der Waals surface area contributed by atoms with E-state index in [4.69, 9.17) is 25.1 Å². The molecule has 4 heterocycles.